The van der Waals surface area contributed by atoms with Crippen molar-refractivity contribution < 1.29 is 9.13 Å². The highest BCUT2D eigenvalue weighted by molar-refractivity contribution is 6.31. The van der Waals surface area contributed by atoms with Gasteiger partial charge in [-0.2, -0.15) is 0 Å². The van der Waals surface area contributed by atoms with Gasteiger partial charge < -0.3 is 20.3 Å². The molecular weight excluding hydrogens is 355 g/mol. The fraction of sp³-hybridized carbons (Fsp3) is 0.632. The van der Waals surface area contributed by atoms with Gasteiger partial charge in [-0.05, 0) is 43.4 Å². The van der Waals surface area contributed by atoms with Gasteiger partial charge in [0.15, 0.2) is 5.96 Å². The summed E-state index contributed by atoms with van der Waals surface area (Å²) in [7, 11) is 3.53. The zero-order chi connectivity index (χ0) is 18.8. The second kappa shape index (κ2) is 11.4. The van der Waals surface area contributed by atoms with E-state index in [-0.39, 0.29) is 5.82 Å². The van der Waals surface area contributed by atoms with Crippen molar-refractivity contribution in [3.05, 3.63) is 34.6 Å². The van der Waals surface area contributed by atoms with Gasteiger partial charge in [-0.3, -0.25) is 4.99 Å². The molecular formula is C19H30ClFN4O. The first-order valence-electron chi connectivity index (χ1n) is 9.24. The van der Waals surface area contributed by atoms with Crippen molar-refractivity contribution in [1.82, 2.24) is 15.5 Å². The average Bonchev–Trinajstić information content (AvgIpc) is 2.64. The molecule has 1 heterocycles. The Morgan fingerprint density at radius 1 is 1.38 bits per heavy atom. The fourth-order valence-corrected chi connectivity index (χ4v) is 3.42. The van der Waals surface area contributed by atoms with Crippen LogP contribution in [-0.4, -0.2) is 63.8 Å². The quantitative estimate of drug-likeness (QED) is 0.411. The third-order valence-electron chi connectivity index (χ3n) is 4.68. The number of nitrogens with zero attached hydrogens (tertiary/aromatic N) is 2. The summed E-state index contributed by atoms with van der Waals surface area (Å²) in [6.07, 6.45) is 4.02. The molecule has 1 aliphatic rings. The number of ether oxygens (including phenoxy) is 1. The third-order valence-corrected chi connectivity index (χ3v) is 5.03. The molecule has 1 aromatic rings. The number of halogens is 2. The molecule has 1 fully saturated rings. The molecule has 146 valence electrons. The van der Waals surface area contributed by atoms with Crippen LogP contribution in [0.15, 0.2) is 23.2 Å². The number of rotatable bonds is 8. The summed E-state index contributed by atoms with van der Waals surface area (Å²) in [4.78, 5) is 6.79. The number of guanidine groups is 1. The lowest BCUT2D eigenvalue weighted by Crippen LogP contribution is -2.49. The fourth-order valence-electron chi connectivity index (χ4n) is 3.16. The minimum atomic E-state index is -0.308. The molecule has 2 rings (SSSR count). The first-order chi connectivity index (χ1) is 12.6. The summed E-state index contributed by atoms with van der Waals surface area (Å²) in [6.45, 7) is 4.83. The van der Waals surface area contributed by atoms with Crippen molar-refractivity contribution in [1.29, 1.82) is 0 Å². The maximum atomic E-state index is 13.1. The molecule has 5 nitrogen and oxygen atoms in total. The van der Waals surface area contributed by atoms with Crippen LogP contribution in [0.2, 0.25) is 5.02 Å². The van der Waals surface area contributed by atoms with Crippen LogP contribution in [0.25, 0.3) is 0 Å². The molecule has 0 bridgehead atoms. The Bertz CT molecular complexity index is 577. The van der Waals surface area contributed by atoms with Gasteiger partial charge in [-0.1, -0.05) is 17.7 Å². The van der Waals surface area contributed by atoms with E-state index in [1.165, 1.54) is 12.1 Å². The van der Waals surface area contributed by atoms with Crippen LogP contribution in [0.3, 0.4) is 0 Å². The number of methoxy groups -OCH3 is 1. The van der Waals surface area contributed by atoms with Crippen LogP contribution in [-0.2, 0) is 11.2 Å². The van der Waals surface area contributed by atoms with E-state index in [0.717, 1.165) is 63.4 Å². The number of hydrogen-bond acceptors (Lipinski definition) is 3. The minimum absolute atomic E-state index is 0.308. The zero-order valence-electron chi connectivity index (χ0n) is 15.7. The van der Waals surface area contributed by atoms with E-state index in [4.69, 9.17) is 16.3 Å². The van der Waals surface area contributed by atoms with Crippen LogP contribution < -0.4 is 10.6 Å². The van der Waals surface area contributed by atoms with Crippen molar-refractivity contribution in [2.24, 2.45) is 4.99 Å². The monoisotopic (exact) mass is 384 g/mol. The van der Waals surface area contributed by atoms with Gasteiger partial charge in [0.1, 0.15) is 5.82 Å². The Kier molecular flexibility index (Phi) is 9.15. The smallest absolute Gasteiger partial charge is 0.191 e. The summed E-state index contributed by atoms with van der Waals surface area (Å²) in [5.74, 6) is 0.499. The highest BCUT2D eigenvalue weighted by Crippen LogP contribution is 2.17. The van der Waals surface area contributed by atoms with Gasteiger partial charge >= 0.3 is 0 Å². The van der Waals surface area contributed by atoms with E-state index in [1.807, 2.05) is 0 Å². The van der Waals surface area contributed by atoms with E-state index in [0.29, 0.717) is 17.6 Å². The Morgan fingerprint density at radius 3 is 2.81 bits per heavy atom. The van der Waals surface area contributed by atoms with E-state index in [2.05, 4.69) is 20.5 Å². The van der Waals surface area contributed by atoms with Crippen LogP contribution in [0, 0.1) is 5.82 Å². The van der Waals surface area contributed by atoms with Gasteiger partial charge in [0.25, 0.3) is 0 Å². The number of aliphatic imine (C=N–C) groups is 1. The first-order valence-corrected chi connectivity index (χ1v) is 9.62. The minimum Gasteiger partial charge on any atom is -0.385 e. The zero-order valence-corrected chi connectivity index (χ0v) is 16.5. The average molecular weight is 385 g/mol. The van der Waals surface area contributed by atoms with Crippen LogP contribution in [0.4, 0.5) is 4.39 Å². The van der Waals surface area contributed by atoms with E-state index in [1.54, 1.807) is 20.2 Å². The molecule has 0 amide bonds. The molecule has 1 saturated heterocycles. The second-order valence-corrected chi connectivity index (χ2v) is 7.00. The number of benzene rings is 1. The van der Waals surface area contributed by atoms with Crippen LogP contribution in [0.1, 0.15) is 24.8 Å². The molecule has 2 N–H and O–H groups in total. The number of piperidine rings is 1. The molecule has 0 unspecified atom stereocenters. The predicted molar refractivity (Wildman–Crippen MR) is 106 cm³/mol. The molecule has 0 aliphatic carbocycles. The summed E-state index contributed by atoms with van der Waals surface area (Å²) in [6, 6.07) is 4.96. The summed E-state index contributed by atoms with van der Waals surface area (Å²) < 4.78 is 18.2. The van der Waals surface area contributed by atoms with Gasteiger partial charge in [-0.15, -0.1) is 0 Å². The molecule has 1 aromatic carbocycles. The van der Waals surface area contributed by atoms with Crippen molar-refractivity contribution in [2.75, 3.05) is 46.9 Å². The maximum absolute atomic E-state index is 13.1. The summed E-state index contributed by atoms with van der Waals surface area (Å²) >= 11 is 6.07. The SMILES string of the molecule is CN=C(NCCc1ccc(F)cc1Cl)NC1CCN(CCCOC)CC1. The summed E-state index contributed by atoms with van der Waals surface area (Å²) in [5, 5.41) is 7.28. The lowest BCUT2D eigenvalue weighted by molar-refractivity contribution is 0.155. The molecule has 0 spiro atoms. The Morgan fingerprint density at radius 2 is 2.15 bits per heavy atom. The molecule has 0 aromatic heterocycles. The second-order valence-electron chi connectivity index (χ2n) is 6.59. The topological polar surface area (TPSA) is 48.9 Å². The molecule has 0 atom stereocenters. The molecule has 0 saturated carbocycles. The number of hydrogen-bond donors (Lipinski definition) is 2. The molecule has 0 radical (unpaired) electrons. The van der Waals surface area contributed by atoms with E-state index in [9.17, 15) is 4.39 Å². The van der Waals surface area contributed by atoms with Gasteiger partial charge in [0, 0.05) is 58.0 Å². The highest BCUT2D eigenvalue weighted by Gasteiger charge is 2.19. The van der Waals surface area contributed by atoms with E-state index < -0.39 is 0 Å². The van der Waals surface area contributed by atoms with Crippen molar-refractivity contribution in [2.45, 2.75) is 31.7 Å². The van der Waals surface area contributed by atoms with Gasteiger partial charge in [0.05, 0.1) is 0 Å². The standard InChI is InChI=1S/C19H30ClFN4O/c1-22-19(23-9-6-15-4-5-16(21)14-18(15)20)24-17-7-11-25(12-8-17)10-3-13-26-2/h4-5,14,17H,3,6-13H2,1-2H3,(H2,22,23,24). The van der Waals surface area contributed by atoms with Crippen molar-refractivity contribution in [3.63, 3.8) is 0 Å². The first kappa shape index (κ1) is 20.9. The highest BCUT2D eigenvalue weighted by atomic mass is 35.5. The van der Waals surface area contributed by atoms with Crippen LogP contribution >= 0.6 is 11.6 Å². The van der Waals surface area contributed by atoms with E-state index >= 15 is 0 Å². The van der Waals surface area contributed by atoms with Crippen molar-refractivity contribution >= 4 is 17.6 Å². The lowest BCUT2D eigenvalue weighted by Gasteiger charge is -2.33. The molecule has 26 heavy (non-hydrogen) atoms. The lowest BCUT2D eigenvalue weighted by atomic mass is 10.1. The number of nitrogens with one attached hydrogen (secondary N) is 2. The Balaban J connectivity index is 1.68. The maximum Gasteiger partial charge on any atom is 0.191 e. The number of likely N-dealkylation sites (tertiary alicyclic amines) is 1. The summed E-state index contributed by atoms with van der Waals surface area (Å²) in [5.41, 5.74) is 0.931. The Labute approximate surface area is 161 Å². The van der Waals surface area contributed by atoms with Crippen LogP contribution in [0.5, 0.6) is 0 Å². The Hall–Kier alpha value is -1.37. The van der Waals surface area contributed by atoms with Gasteiger partial charge in [-0.25, -0.2) is 4.39 Å². The molecule has 1 aliphatic heterocycles. The predicted octanol–water partition coefficient (Wildman–Crippen LogP) is 2.69. The normalized spacial score (nSPS) is 16.7. The molecule has 7 heteroatoms. The van der Waals surface area contributed by atoms with Gasteiger partial charge in [0.2, 0.25) is 0 Å². The van der Waals surface area contributed by atoms with Crippen molar-refractivity contribution in [3.8, 4) is 0 Å². The largest absolute Gasteiger partial charge is 0.385 e. The third kappa shape index (κ3) is 7.09.